The van der Waals surface area contributed by atoms with Gasteiger partial charge in [-0.25, -0.2) is 22.3 Å². The van der Waals surface area contributed by atoms with E-state index >= 15 is 0 Å². The summed E-state index contributed by atoms with van der Waals surface area (Å²) < 4.78 is 41.1. The number of nitrogens with one attached hydrogen (secondary N) is 3. The number of amides is 2. The van der Waals surface area contributed by atoms with Gasteiger partial charge in [-0.15, -0.1) is 0 Å². The van der Waals surface area contributed by atoms with Crippen LogP contribution in [0.1, 0.15) is 19.4 Å². The highest BCUT2D eigenvalue weighted by Crippen LogP contribution is 2.20. The van der Waals surface area contributed by atoms with Crippen LogP contribution in [0.3, 0.4) is 0 Å². The second kappa shape index (κ2) is 8.61. The third-order valence-electron chi connectivity index (χ3n) is 3.28. The molecule has 0 saturated heterocycles. The van der Waals surface area contributed by atoms with Gasteiger partial charge in [0.1, 0.15) is 10.7 Å². The summed E-state index contributed by atoms with van der Waals surface area (Å²) in [6.45, 7) is 3.69. The normalized spacial score (nSPS) is 11.4. The largest absolute Gasteiger partial charge is 0.336 e. The van der Waals surface area contributed by atoms with Crippen LogP contribution in [0.15, 0.2) is 51.8 Å². The molecule has 9 heteroatoms. The molecule has 0 saturated carbocycles. The van der Waals surface area contributed by atoms with E-state index in [0.717, 1.165) is 6.07 Å². The van der Waals surface area contributed by atoms with E-state index in [0.29, 0.717) is 15.7 Å². The van der Waals surface area contributed by atoms with E-state index in [4.69, 9.17) is 0 Å². The van der Waals surface area contributed by atoms with Crippen LogP contribution in [0.2, 0.25) is 0 Å². The molecule has 2 aromatic carbocycles. The van der Waals surface area contributed by atoms with Crippen LogP contribution in [0, 0.1) is 5.82 Å². The number of urea groups is 1. The molecule has 3 N–H and O–H groups in total. The maximum Gasteiger partial charge on any atom is 0.319 e. The Morgan fingerprint density at radius 3 is 2.42 bits per heavy atom. The molecule has 0 bridgehead atoms. The lowest BCUT2D eigenvalue weighted by molar-refractivity contribution is 0.250. The number of benzene rings is 2. The second-order valence-electron chi connectivity index (χ2n) is 5.85. The maximum absolute atomic E-state index is 13.8. The van der Waals surface area contributed by atoms with Gasteiger partial charge in [-0.1, -0.05) is 28.1 Å². The Balaban J connectivity index is 2.01. The third-order valence-corrected chi connectivity index (χ3v) is 5.19. The number of rotatable bonds is 6. The van der Waals surface area contributed by atoms with Gasteiger partial charge in [0.25, 0.3) is 0 Å². The highest BCUT2D eigenvalue weighted by atomic mass is 79.9. The molecule has 2 aromatic rings. The van der Waals surface area contributed by atoms with Crippen molar-refractivity contribution in [3.8, 4) is 0 Å². The van der Waals surface area contributed by atoms with E-state index in [1.165, 1.54) is 12.1 Å². The van der Waals surface area contributed by atoms with Crippen molar-refractivity contribution in [2.24, 2.45) is 0 Å². The molecular formula is C17H19BrFN3O3S. The molecule has 0 spiro atoms. The maximum atomic E-state index is 13.8. The Morgan fingerprint density at radius 2 is 1.81 bits per heavy atom. The van der Waals surface area contributed by atoms with Gasteiger partial charge in [0, 0.05) is 22.7 Å². The van der Waals surface area contributed by atoms with Crippen LogP contribution >= 0.6 is 15.9 Å². The fourth-order valence-electron chi connectivity index (χ4n) is 2.07. The van der Waals surface area contributed by atoms with E-state index in [-0.39, 0.29) is 18.6 Å². The van der Waals surface area contributed by atoms with E-state index in [1.807, 2.05) is 13.8 Å². The Morgan fingerprint density at radius 1 is 1.15 bits per heavy atom. The predicted molar refractivity (Wildman–Crippen MR) is 102 cm³/mol. The summed E-state index contributed by atoms with van der Waals surface area (Å²) >= 11 is 3.13. The Labute approximate surface area is 160 Å². The number of carbonyl (C=O) groups excluding carboxylic acids is 1. The van der Waals surface area contributed by atoms with Crippen LogP contribution in [0.4, 0.5) is 14.9 Å². The minimum Gasteiger partial charge on any atom is -0.336 e. The molecule has 0 atom stereocenters. The molecule has 2 amide bonds. The summed E-state index contributed by atoms with van der Waals surface area (Å²) in [5, 5.41) is 5.37. The summed E-state index contributed by atoms with van der Waals surface area (Å²) in [4.78, 5) is 11.2. The Bertz CT molecular complexity index is 887. The van der Waals surface area contributed by atoms with Crippen LogP contribution in [0.25, 0.3) is 0 Å². The van der Waals surface area contributed by atoms with Gasteiger partial charge in [0.05, 0.1) is 0 Å². The first-order chi connectivity index (χ1) is 12.2. The van der Waals surface area contributed by atoms with Gasteiger partial charge < -0.3 is 10.6 Å². The summed E-state index contributed by atoms with van der Waals surface area (Å²) in [6.07, 6.45) is 0. The van der Waals surface area contributed by atoms with Gasteiger partial charge >= 0.3 is 6.03 Å². The van der Waals surface area contributed by atoms with Crippen molar-refractivity contribution in [2.45, 2.75) is 31.3 Å². The number of hydrogen-bond donors (Lipinski definition) is 3. The summed E-state index contributed by atoms with van der Waals surface area (Å²) in [5.41, 5.74) is 1.24. The zero-order chi connectivity index (χ0) is 19.3. The van der Waals surface area contributed by atoms with Gasteiger partial charge in [0.15, 0.2) is 0 Å². The predicted octanol–water partition coefficient (Wildman–Crippen LogP) is 3.60. The van der Waals surface area contributed by atoms with E-state index in [1.54, 1.807) is 24.3 Å². The van der Waals surface area contributed by atoms with Gasteiger partial charge in [0.2, 0.25) is 10.0 Å². The lowest BCUT2D eigenvalue weighted by atomic mass is 10.2. The Kier molecular flexibility index (Phi) is 6.74. The SMILES string of the molecule is CC(C)NC(=O)Nc1ccc(CNS(=O)(=O)c2cc(Br)ccc2F)cc1. The molecule has 0 heterocycles. The lowest BCUT2D eigenvalue weighted by Gasteiger charge is -2.11. The van der Waals surface area contributed by atoms with E-state index in [9.17, 15) is 17.6 Å². The first-order valence-corrected chi connectivity index (χ1v) is 10.1. The molecule has 140 valence electrons. The van der Waals surface area contributed by atoms with Crippen LogP contribution < -0.4 is 15.4 Å². The standard InChI is InChI=1S/C17H19BrFN3O3S/c1-11(2)21-17(23)22-14-6-3-12(4-7-14)10-20-26(24,25)16-9-13(18)5-8-15(16)19/h3-9,11,20H,10H2,1-2H3,(H2,21,22,23). The molecule has 2 rings (SSSR count). The second-order valence-corrected chi connectivity index (χ2v) is 8.50. The van der Waals surface area contributed by atoms with Gasteiger partial charge in [-0.2, -0.15) is 0 Å². The topological polar surface area (TPSA) is 87.3 Å². The highest BCUT2D eigenvalue weighted by molar-refractivity contribution is 9.10. The van der Waals surface area contributed by atoms with Crippen molar-refractivity contribution >= 4 is 37.7 Å². The van der Waals surface area contributed by atoms with Gasteiger partial charge in [-0.3, -0.25) is 0 Å². The summed E-state index contributed by atoms with van der Waals surface area (Å²) in [5.74, 6) is -0.823. The average molecular weight is 444 g/mol. The molecule has 0 unspecified atom stereocenters. The lowest BCUT2D eigenvalue weighted by Crippen LogP contribution is -2.34. The quantitative estimate of drug-likeness (QED) is 0.637. The summed E-state index contributed by atoms with van der Waals surface area (Å²) in [6, 6.07) is 10.1. The zero-order valence-corrected chi connectivity index (χ0v) is 16.6. The molecule has 0 fully saturated rings. The number of carbonyl (C=O) groups is 1. The number of halogens is 2. The van der Waals surface area contributed by atoms with Crippen LogP contribution in [0.5, 0.6) is 0 Å². The zero-order valence-electron chi connectivity index (χ0n) is 14.2. The fraction of sp³-hybridized carbons (Fsp3) is 0.235. The monoisotopic (exact) mass is 443 g/mol. The van der Waals surface area contributed by atoms with Crippen LogP contribution in [-0.2, 0) is 16.6 Å². The van der Waals surface area contributed by atoms with Crippen molar-refractivity contribution in [1.82, 2.24) is 10.0 Å². The van der Waals surface area contributed by atoms with E-state index in [2.05, 4.69) is 31.3 Å². The minimum atomic E-state index is -3.99. The molecule has 0 aliphatic carbocycles. The van der Waals surface area contributed by atoms with Crippen molar-refractivity contribution < 1.29 is 17.6 Å². The highest BCUT2D eigenvalue weighted by Gasteiger charge is 2.19. The Hall–Kier alpha value is -1.97. The molecule has 0 aliphatic heterocycles. The smallest absolute Gasteiger partial charge is 0.319 e. The molecule has 26 heavy (non-hydrogen) atoms. The molecule has 0 aromatic heterocycles. The average Bonchev–Trinajstić information content (AvgIpc) is 2.55. The van der Waals surface area contributed by atoms with E-state index < -0.39 is 20.7 Å². The first kappa shape index (κ1) is 20.3. The van der Waals surface area contributed by atoms with Crippen LogP contribution in [-0.4, -0.2) is 20.5 Å². The third kappa shape index (κ3) is 5.79. The number of sulfonamides is 1. The molecular weight excluding hydrogens is 425 g/mol. The van der Waals surface area contributed by atoms with Crippen molar-refractivity contribution in [1.29, 1.82) is 0 Å². The first-order valence-electron chi connectivity index (χ1n) is 7.78. The van der Waals surface area contributed by atoms with Crippen molar-refractivity contribution in [2.75, 3.05) is 5.32 Å². The number of anilines is 1. The molecule has 0 radical (unpaired) electrons. The summed E-state index contributed by atoms with van der Waals surface area (Å²) in [7, 11) is -3.99. The van der Waals surface area contributed by atoms with Gasteiger partial charge in [-0.05, 0) is 49.7 Å². The van der Waals surface area contributed by atoms with Crippen molar-refractivity contribution in [3.63, 3.8) is 0 Å². The molecule has 6 nitrogen and oxygen atoms in total. The molecule has 0 aliphatic rings. The minimum absolute atomic E-state index is 0.00719. The number of hydrogen-bond acceptors (Lipinski definition) is 3. The fourth-order valence-corrected chi connectivity index (χ4v) is 3.71. The van der Waals surface area contributed by atoms with Crippen molar-refractivity contribution in [3.05, 3.63) is 58.3 Å².